The van der Waals surface area contributed by atoms with Crippen LogP contribution in [0, 0.1) is 0 Å². The predicted molar refractivity (Wildman–Crippen MR) is 141 cm³/mol. The van der Waals surface area contributed by atoms with E-state index in [1.165, 1.54) is 0 Å². The Morgan fingerprint density at radius 2 is 1.46 bits per heavy atom. The third kappa shape index (κ3) is 3.59. The fraction of sp³-hybridized carbons (Fsp3) is 0.0357. The van der Waals surface area contributed by atoms with Gasteiger partial charge in [0.25, 0.3) is 0 Å². The second-order valence-corrected chi connectivity index (χ2v) is 8.09. The van der Waals surface area contributed by atoms with Gasteiger partial charge >= 0.3 is 6.03 Å². The minimum Gasteiger partial charge on any atom is -0.307 e. The summed E-state index contributed by atoms with van der Waals surface area (Å²) in [5.41, 5.74) is 5.95. The number of amides is 2. The van der Waals surface area contributed by atoms with Crippen molar-refractivity contribution in [2.24, 2.45) is 0 Å². The molecule has 1 N–H and O–H groups in total. The van der Waals surface area contributed by atoms with Crippen molar-refractivity contribution in [2.45, 2.75) is 0 Å². The average molecular weight is 457 g/mol. The second-order valence-electron chi connectivity index (χ2n) is 8.09. The molecule has 7 heteroatoms. The number of aromatic nitrogens is 4. The van der Waals surface area contributed by atoms with Gasteiger partial charge in [0.15, 0.2) is 0 Å². The first-order valence-electron chi connectivity index (χ1n) is 11.2. The molecule has 0 fully saturated rings. The SMILES string of the molecule is C=CCN(C(=O)Nc1ccc2nc3c4cccnc4c4ncccc4c3nc2c1)c1ccccc1. The quantitative estimate of drug-likeness (QED) is 0.197. The number of carbonyl (C=O) groups excluding carboxylic acids is 1. The Morgan fingerprint density at radius 1 is 0.800 bits per heavy atom. The summed E-state index contributed by atoms with van der Waals surface area (Å²) in [4.78, 5) is 33.7. The van der Waals surface area contributed by atoms with E-state index in [1.54, 1.807) is 23.4 Å². The number of para-hydroxylation sites is 1. The highest BCUT2D eigenvalue weighted by Crippen LogP contribution is 2.32. The molecule has 0 saturated heterocycles. The molecule has 0 spiro atoms. The van der Waals surface area contributed by atoms with Gasteiger partial charge < -0.3 is 5.32 Å². The molecular formula is C28H20N6O. The van der Waals surface area contributed by atoms with Gasteiger partial charge in [-0.15, -0.1) is 6.58 Å². The van der Waals surface area contributed by atoms with Crippen molar-refractivity contribution in [1.29, 1.82) is 0 Å². The van der Waals surface area contributed by atoms with E-state index in [0.717, 1.165) is 44.0 Å². The van der Waals surface area contributed by atoms with Crippen LogP contribution < -0.4 is 10.2 Å². The van der Waals surface area contributed by atoms with E-state index < -0.39 is 0 Å². The van der Waals surface area contributed by atoms with Crippen molar-refractivity contribution in [2.75, 3.05) is 16.8 Å². The Labute approximate surface area is 200 Å². The molecule has 3 aromatic carbocycles. The van der Waals surface area contributed by atoms with Gasteiger partial charge in [-0.1, -0.05) is 24.3 Å². The molecule has 0 aliphatic heterocycles. The van der Waals surface area contributed by atoms with Crippen LogP contribution in [0.4, 0.5) is 16.2 Å². The first-order chi connectivity index (χ1) is 17.2. The summed E-state index contributed by atoms with van der Waals surface area (Å²) < 4.78 is 0. The number of rotatable bonds is 4. The van der Waals surface area contributed by atoms with Crippen LogP contribution in [0.25, 0.3) is 43.9 Å². The highest BCUT2D eigenvalue weighted by Gasteiger charge is 2.16. The smallest absolute Gasteiger partial charge is 0.307 e. The van der Waals surface area contributed by atoms with Crippen molar-refractivity contribution in [3.8, 4) is 0 Å². The average Bonchev–Trinajstić information content (AvgIpc) is 2.91. The van der Waals surface area contributed by atoms with Crippen molar-refractivity contribution in [3.05, 3.63) is 97.8 Å². The van der Waals surface area contributed by atoms with E-state index in [-0.39, 0.29) is 6.03 Å². The van der Waals surface area contributed by atoms with Crippen LogP contribution in [-0.4, -0.2) is 32.5 Å². The summed E-state index contributed by atoms with van der Waals surface area (Å²) in [6.07, 6.45) is 5.21. The minimum absolute atomic E-state index is 0.254. The summed E-state index contributed by atoms with van der Waals surface area (Å²) in [5.74, 6) is 0. The second kappa shape index (κ2) is 8.46. The maximum Gasteiger partial charge on any atom is 0.326 e. The molecule has 0 atom stereocenters. The monoisotopic (exact) mass is 456 g/mol. The van der Waals surface area contributed by atoms with Gasteiger partial charge in [-0.05, 0) is 54.6 Å². The van der Waals surface area contributed by atoms with Gasteiger partial charge in [-0.3, -0.25) is 14.9 Å². The summed E-state index contributed by atoms with van der Waals surface area (Å²) in [6, 6.07) is 22.5. The number of nitrogens with zero attached hydrogens (tertiary/aromatic N) is 5. The first-order valence-corrected chi connectivity index (χ1v) is 11.2. The number of fused-ring (bicyclic) bond motifs is 7. The topological polar surface area (TPSA) is 83.9 Å². The number of hydrogen-bond donors (Lipinski definition) is 1. The first kappa shape index (κ1) is 20.7. The van der Waals surface area contributed by atoms with E-state index in [2.05, 4.69) is 21.9 Å². The molecule has 3 heterocycles. The Bertz CT molecular complexity index is 1750. The van der Waals surface area contributed by atoms with Gasteiger partial charge in [0.05, 0.1) is 33.1 Å². The summed E-state index contributed by atoms with van der Waals surface area (Å²) in [5, 5.41) is 4.78. The highest BCUT2D eigenvalue weighted by atomic mass is 16.2. The minimum atomic E-state index is -0.254. The largest absolute Gasteiger partial charge is 0.326 e. The van der Waals surface area contributed by atoms with Crippen LogP contribution in [0.3, 0.4) is 0 Å². The Kier molecular flexibility index (Phi) is 5.00. The lowest BCUT2D eigenvalue weighted by Crippen LogP contribution is -2.35. The summed E-state index contributed by atoms with van der Waals surface area (Å²) >= 11 is 0. The standard InChI is InChI=1S/C28H20N6O/c1-2-16-34(19-8-4-3-5-9-19)28(35)31-18-12-13-22-23(17-18)33-27-21-11-7-15-30-25(21)24-20(26(27)32-22)10-6-14-29-24/h2-15,17H,1,16H2,(H,31,35). The van der Waals surface area contributed by atoms with E-state index in [4.69, 9.17) is 9.97 Å². The Balaban J connectivity index is 1.46. The van der Waals surface area contributed by atoms with Crippen LogP contribution in [-0.2, 0) is 0 Å². The third-order valence-corrected chi connectivity index (χ3v) is 5.89. The molecule has 0 aliphatic carbocycles. The van der Waals surface area contributed by atoms with Crippen LogP contribution in [0.2, 0.25) is 0 Å². The van der Waals surface area contributed by atoms with Gasteiger partial charge in [-0.2, -0.15) is 0 Å². The van der Waals surface area contributed by atoms with Crippen LogP contribution in [0.5, 0.6) is 0 Å². The van der Waals surface area contributed by atoms with E-state index in [0.29, 0.717) is 17.7 Å². The molecule has 0 radical (unpaired) electrons. The van der Waals surface area contributed by atoms with Crippen LogP contribution in [0.1, 0.15) is 0 Å². The molecule has 2 amide bonds. The summed E-state index contributed by atoms with van der Waals surface area (Å²) in [6.45, 7) is 4.17. The van der Waals surface area contributed by atoms with Gasteiger partial charge in [0, 0.05) is 41.1 Å². The molecule has 6 rings (SSSR count). The number of hydrogen-bond acceptors (Lipinski definition) is 5. The molecule has 168 valence electrons. The lowest BCUT2D eigenvalue weighted by atomic mass is 10.1. The number of carbonyl (C=O) groups is 1. The van der Waals surface area contributed by atoms with E-state index in [9.17, 15) is 4.79 Å². The van der Waals surface area contributed by atoms with Crippen LogP contribution >= 0.6 is 0 Å². The molecule has 0 saturated carbocycles. The lowest BCUT2D eigenvalue weighted by molar-refractivity contribution is 0.257. The Hall–Kier alpha value is -4.91. The number of benzene rings is 3. The zero-order valence-corrected chi connectivity index (χ0v) is 18.7. The van der Waals surface area contributed by atoms with Gasteiger partial charge in [-0.25, -0.2) is 14.8 Å². The van der Waals surface area contributed by atoms with E-state index in [1.807, 2.05) is 72.8 Å². The highest BCUT2D eigenvalue weighted by molar-refractivity contribution is 6.21. The molecule has 3 aromatic heterocycles. The van der Waals surface area contributed by atoms with E-state index >= 15 is 0 Å². The number of nitrogens with one attached hydrogen (secondary N) is 1. The molecule has 0 aliphatic rings. The fourth-order valence-electron chi connectivity index (χ4n) is 4.31. The molecule has 0 unspecified atom stereocenters. The zero-order chi connectivity index (χ0) is 23.8. The number of anilines is 2. The van der Waals surface area contributed by atoms with Gasteiger partial charge in [0.2, 0.25) is 0 Å². The lowest BCUT2D eigenvalue weighted by Gasteiger charge is -2.21. The number of pyridine rings is 2. The summed E-state index contributed by atoms with van der Waals surface area (Å²) in [7, 11) is 0. The normalized spacial score (nSPS) is 11.2. The third-order valence-electron chi connectivity index (χ3n) is 5.89. The predicted octanol–water partition coefficient (Wildman–Crippen LogP) is 6.10. The van der Waals surface area contributed by atoms with Gasteiger partial charge in [0.1, 0.15) is 0 Å². The molecular weight excluding hydrogens is 436 g/mol. The molecule has 7 nitrogen and oxygen atoms in total. The Morgan fingerprint density at radius 3 is 2.11 bits per heavy atom. The van der Waals surface area contributed by atoms with Crippen molar-refractivity contribution < 1.29 is 4.79 Å². The maximum atomic E-state index is 13.1. The molecule has 6 aromatic rings. The molecule has 0 bridgehead atoms. The fourth-order valence-corrected chi connectivity index (χ4v) is 4.31. The van der Waals surface area contributed by atoms with Crippen molar-refractivity contribution >= 4 is 61.3 Å². The van der Waals surface area contributed by atoms with Crippen LogP contribution in [0.15, 0.2) is 97.8 Å². The zero-order valence-electron chi connectivity index (χ0n) is 18.7. The molecule has 35 heavy (non-hydrogen) atoms. The maximum absolute atomic E-state index is 13.1. The van der Waals surface area contributed by atoms with Crippen molar-refractivity contribution in [3.63, 3.8) is 0 Å². The van der Waals surface area contributed by atoms with Crippen molar-refractivity contribution in [1.82, 2.24) is 19.9 Å². The number of urea groups is 1.